The molecule has 1 aromatic rings. The molecule has 4 nitrogen and oxygen atoms in total. The zero-order valence-corrected chi connectivity index (χ0v) is 11.5. The molecule has 1 rings (SSSR count). The van der Waals surface area contributed by atoms with Crippen LogP contribution in [0.4, 0.5) is 5.69 Å². The first kappa shape index (κ1) is 14.3. The van der Waals surface area contributed by atoms with Crippen molar-refractivity contribution in [2.45, 2.75) is 6.42 Å². The number of halogens is 1. The summed E-state index contributed by atoms with van der Waals surface area (Å²) < 4.78 is 16.7. The van der Waals surface area contributed by atoms with Gasteiger partial charge in [0.05, 0.1) is 11.1 Å². The molecule has 0 aliphatic heterocycles. The molecule has 0 aromatic heterocycles. The van der Waals surface area contributed by atoms with Crippen LogP contribution in [-0.2, 0) is 9.47 Å². The second-order valence-electron chi connectivity index (χ2n) is 3.50. The molecule has 1 aromatic carbocycles. The number of rotatable bonds is 8. The zero-order chi connectivity index (χ0) is 12.5. The van der Waals surface area contributed by atoms with Gasteiger partial charge >= 0.3 is 0 Å². The van der Waals surface area contributed by atoms with Crippen molar-refractivity contribution in [1.82, 2.24) is 0 Å². The lowest BCUT2D eigenvalue weighted by Crippen LogP contribution is -2.08. The van der Waals surface area contributed by atoms with Crippen molar-refractivity contribution >= 4 is 21.6 Å². The molecule has 2 N–H and O–H groups in total. The van der Waals surface area contributed by atoms with Gasteiger partial charge in [0.1, 0.15) is 12.4 Å². The van der Waals surface area contributed by atoms with Crippen molar-refractivity contribution < 1.29 is 14.2 Å². The van der Waals surface area contributed by atoms with Crippen LogP contribution in [0.1, 0.15) is 6.42 Å². The molecule has 0 saturated carbocycles. The molecule has 0 spiro atoms. The molecule has 0 bridgehead atoms. The highest BCUT2D eigenvalue weighted by Gasteiger charge is 2.00. The van der Waals surface area contributed by atoms with Gasteiger partial charge in [-0.15, -0.1) is 0 Å². The van der Waals surface area contributed by atoms with Gasteiger partial charge in [0.2, 0.25) is 0 Å². The number of anilines is 1. The lowest BCUT2D eigenvalue weighted by atomic mass is 10.3. The third kappa shape index (κ3) is 5.91. The molecule has 17 heavy (non-hydrogen) atoms. The fourth-order valence-electron chi connectivity index (χ4n) is 1.25. The van der Waals surface area contributed by atoms with Crippen molar-refractivity contribution in [3.05, 3.63) is 22.7 Å². The van der Waals surface area contributed by atoms with Gasteiger partial charge in [-0.05, 0) is 40.5 Å². The summed E-state index contributed by atoms with van der Waals surface area (Å²) in [5.74, 6) is 0.777. The maximum atomic E-state index is 5.63. The van der Waals surface area contributed by atoms with Crippen LogP contribution in [0, 0.1) is 0 Å². The number of methoxy groups -OCH3 is 1. The predicted molar refractivity (Wildman–Crippen MR) is 71.4 cm³/mol. The molecule has 0 heterocycles. The topological polar surface area (TPSA) is 53.7 Å². The average Bonchev–Trinajstić information content (AvgIpc) is 2.30. The molecule has 0 radical (unpaired) electrons. The summed E-state index contributed by atoms with van der Waals surface area (Å²) in [4.78, 5) is 0. The van der Waals surface area contributed by atoms with E-state index in [0.29, 0.717) is 25.5 Å². The molecule has 0 atom stereocenters. The summed E-state index contributed by atoms with van der Waals surface area (Å²) in [6.07, 6.45) is 0.905. The van der Waals surface area contributed by atoms with E-state index in [1.165, 1.54) is 0 Å². The van der Waals surface area contributed by atoms with Crippen LogP contribution < -0.4 is 10.5 Å². The summed E-state index contributed by atoms with van der Waals surface area (Å²) in [5, 5.41) is 0. The van der Waals surface area contributed by atoms with Crippen LogP contribution in [0.3, 0.4) is 0 Å². The summed E-state index contributed by atoms with van der Waals surface area (Å²) in [7, 11) is 1.68. The minimum Gasteiger partial charge on any atom is -0.490 e. The van der Waals surface area contributed by atoms with Crippen LogP contribution in [0.25, 0.3) is 0 Å². The van der Waals surface area contributed by atoms with Gasteiger partial charge in [-0.3, -0.25) is 0 Å². The average molecular weight is 304 g/mol. The van der Waals surface area contributed by atoms with Crippen molar-refractivity contribution in [3.63, 3.8) is 0 Å². The second kappa shape index (κ2) is 8.33. The molecular formula is C12H18BrNO3. The number of nitrogen functional groups attached to an aromatic ring is 1. The number of nitrogens with two attached hydrogens (primary N) is 1. The van der Waals surface area contributed by atoms with Gasteiger partial charge in [0.15, 0.2) is 0 Å². The van der Waals surface area contributed by atoms with E-state index in [0.717, 1.165) is 23.2 Å². The highest BCUT2D eigenvalue weighted by atomic mass is 79.9. The highest BCUT2D eigenvalue weighted by Crippen LogP contribution is 2.26. The van der Waals surface area contributed by atoms with E-state index in [1.807, 2.05) is 12.1 Å². The largest absolute Gasteiger partial charge is 0.490 e. The Balaban J connectivity index is 2.14. The highest BCUT2D eigenvalue weighted by molar-refractivity contribution is 9.10. The van der Waals surface area contributed by atoms with E-state index in [4.69, 9.17) is 19.9 Å². The monoisotopic (exact) mass is 303 g/mol. The number of hydrogen-bond donors (Lipinski definition) is 1. The van der Waals surface area contributed by atoms with Gasteiger partial charge in [-0.1, -0.05) is 0 Å². The maximum Gasteiger partial charge on any atom is 0.133 e. The quantitative estimate of drug-likeness (QED) is 0.592. The third-order valence-corrected chi connectivity index (χ3v) is 2.70. The fraction of sp³-hybridized carbons (Fsp3) is 0.500. The lowest BCUT2D eigenvalue weighted by Gasteiger charge is -2.09. The summed E-state index contributed by atoms with van der Waals surface area (Å²) in [5.41, 5.74) is 6.34. The van der Waals surface area contributed by atoms with E-state index in [1.54, 1.807) is 13.2 Å². The van der Waals surface area contributed by atoms with Crippen molar-refractivity contribution in [2.75, 3.05) is 39.3 Å². The van der Waals surface area contributed by atoms with Gasteiger partial charge in [-0.2, -0.15) is 0 Å². The first-order valence-electron chi connectivity index (χ1n) is 5.48. The van der Waals surface area contributed by atoms with E-state index in [2.05, 4.69) is 15.9 Å². The first-order valence-corrected chi connectivity index (χ1v) is 6.28. The van der Waals surface area contributed by atoms with E-state index in [-0.39, 0.29) is 0 Å². The van der Waals surface area contributed by atoms with Gasteiger partial charge < -0.3 is 19.9 Å². The normalized spacial score (nSPS) is 10.5. The van der Waals surface area contributed by atoms with Gasteiger partial charge in [0.25, 0.3) is 0 Å². The summed E-state index contributed by atoms with van der Waals surface area (Å²) in [6, 6.07) is 5.46. The molecule has 5 heteroatoms. The Morgan fingerprint density at radius 3 is 2.71 bits per heavy atom. The van der Waals surface area contributed by atoms with Crippen LogP contribution in [0.5, 0.6) is 5.75 Å². The Kier molecular flexibility index (Phi) is 7.00. The number of ether oxygens (including phenoxy) is 3. The summed E-state index contributed by atoms with van der Waals surface area (Å²) in [6.45, 7) is 2.51. The van der Waals surface area contributed by atoms with Crippen LogP contribution in [-0.4, -0.2) is 33.5 Å². The standard InChI is InChI=1S/C12H18BrNO3/c1-15-5-2-6-16-7-8-17-12-4-3-10(14)9-11(12)13/h3-4,9H,2,5-8,14H2,1H3. The third-order valence-electron chi connectivity index (χ3n) is 2.08. The minimum absolute atomic E-state index is 0.523. The molecule has 0 aliphatic carbocycles. The summed E-state index contributed by atoms with van der Waals surface area (Å²) >= 11 is 3.39. The Hall–Kier alpha value is -0.780. The van der Waals surface area contributed by atoms with E-state index >= 15 is 0 Å². The predicted octanol–water partition coefficient (Wildman–Crippen LogP) is 2.46. The Morgan fingerprint density at radius 2 is 2.00 bits per heavy atom. The Morgan fingerprint density at radius 1 is 1.18 bits per heavy atom. The van der Waals surface area contributed by atoms with E-state index in [9.17, 15) is 0 Å². The molecular weight excluding hydrogens is 286 g/mol. The molecule has 0 amide bonds. The molecule has 0 aliphatic rings. The number of benzene rings is 1. The number of hydrogen-bond acceptors (Lipinski definition) is 4. The first-order chi connectivity index (χ1) is 8.24. The Bertz CT molecular complexity index is 334. The maximum absolute atomic E-state index is 5.63. The van der Waals surface area contributed by atoms with Crippen LogP contribution in [0.2, 0.25) is 0 Å². The fourth-order valence-corrected chi connectivity index (χ4v) is 1.76. The van der Waals surface area contributed by atoms with Crippen molar-refractivity contribution in [1.29, 1.82) is 0 Å². The SMILES string of the molecule is COCCCOCCOc1ccc(N)cc1Br. The smallest absolute Gasteiger partial charge is 0.133 e. The lowest BCUT2D eigenvalue weighted by molar-refractivity contribution is 0.0805. The molecule has 0 fully saturated rings. The zero-order valence-electron chi connectivity index (χ0n) is 9.95. The van der Waals surface area contributed by atoms with Gasteiger partial charge in [-0.25, -0.2) is 0 Å². The van der Waals surface area contributed by atoms with Crippen LogP contribution >= 0.6 is 15.9 Å². The van der Waals surface area contributed by atoms with E-state index < -0.39 is 0 Å². The second-order valence-corrected chi connectivity index (χ2v) is 4.35. The van der Waals surface area contributed by atoms with Crippen molar-refractivity contribution in [3.8, 4) is 5.75 Å². The van der Waals surface area contributed by atoms with Crippen LogP contribution in [0.15, 0.2) is 22.7 Å². The van der Waals surface area contributed by atoms with Crippen molar-refractivity contribution in [2.24, 2.45) is 0 Å². The molecule has 96 valence electrons. The minimum atomic E-state index is 0.523. The molecule has 0 saturated heterocycles. The van der Waals surface area contributed by atoms with Gasteiger partial charge in [0, 0.05) is 26.0 Å². The molecule has 0 unspecified atom stereocenters. The Labute approximate surface area is 110 Å².